The third-order valence-electron chi connectivity index (χ3n) is 4.74. The molecular formula is C21H23NO. The van der Waals surface area contributed by atoms with Crippen molar-refractivity contribution in [3.05, 3.63) is 72.8 Å². The lowest BCUT2D eigenvalue weighted by Crippen LogP contribution is -2.35. The molecule has 1 heterocycles. The number of rotatable bonds is 5. The molecule has 1 aliphatic rings. The molecule has 3 rings (SSSR count). The molecule has 118 valence electrons. The molecule has 2 heteroatoms. The van der Waals surface area contributed by atoms with Gasteiger partial charge in [0.15, 0.2) is 0 Å². The number of hydrogen-bond donors (Lipinski definition) is 0. The molecule has 2 atom stereocenters. The van der Waals surface area contributed by atoms with E-state index in [1.807, 2.05) is 6.08 Å². The van der Waals surface area contributed by atoms with Crippen LogP contribution in [-0.4, -0.2) is 16.8 Å². The topological polar surface area (TPSA) is 20.3 Å². The number of carbonyl (C=O) groups is 1. The maximum Gasteiger partial charge on any atom is 0.223 e. The molecule has 1 fully saturated rings. The maximum absolute atomic E-state index is 12.4. The Labute approximate surface area is 138 Å². The summed E-state index contributed by atoms with van der Waals surface area (Å²) < 4.78 is 0. The van der Waals surface area contributed by atoms with Crippen LogP contribution in [0.4, 0.5) is 0 Å². The van der Waals surface area contributed by atoms with E-state index in [-0.39, 0.29) is 18.0 Å². The fourth-order valence-corrected chi connectivity index (χ4v) is 3.62. The van der Waals surface area contributed by atoms with Crippen molar-refractivity contribution in [2.45, 2.75) is 38.3 Å². The summed E-state index contributed by atoms with van der Waals surface area (Å²) in [5, 5.41) is 2.47. The smallest absolute Gasteiger partial charge is 0.223 e. The first-order valence-corrected chi connectivity index (χ1v) is 8.28. The van der Waals surface area contributed by atoms with Gasteiger partial charge in [-0.15, -0.1) is 0 Å². The van der Waals surface area contributed by atoms with Crippen molar-refractivity contribution in [3.8, 4) is 0 Å². The van der Waals surface area contributed by atoms with Crippen LogP contribution >= 0.6 is 0 Å². The predicted molar refractivity (Wildman–Crippen MR) is 96.2 cm³/mol. The molecule has 0 bridgehead atoms. The minimum Gasteiger partial charge on any atom is -0.333 e. The molecule has 0 aliphatic carbocycles. The first kappa shape index (κ1) is 15.5. The number of nitrogens with zero attached hydrogens (tertiary/aromatic N) is 1. The van der Waals surface area contributed by atoms with Crippen molar-refractivity contribution >= 4 is 16.7 Å². The first-order chi connectivity index (χ1) is 11.2. The lowest BCUT2D eigenvalue weighted by atomic mass is 9.98. The molecule has 0 saturated carbocycles. The molecule has 1 aliphatic heterocycles. The van der Waals surface area contributed by atoms with Crippen LogP contribution < -0.4 is 0 Å². The van der Waals surface area contributed by atoms with Crippen LogP contribution in [0, 0.1) is 0 Å². The largest absolute Gasteiger partial charge is 0.333 e. The van der Waals surface area contributed by atoms with E-state index in [4.69, 9.17) is 0 Å². The second-order valence-corrected chi connectivity index (χ2v) is 6.14. The van der Waals surface area contributed by atoms with Crippen molar-refractivity contribution in [1.29, 1.82) is 0 Å². The van der Waals surface area contributed by atoms with Gasteiger partial charge in [0.05, 0.1) is 6.04 Å². The summed E-state index contributed by atoms with van der Waals surface area (Å²) in [7, 11) is 0. The molecule has 1 saturated heterocycles. The summed E-state index contributed by atoms with van der Waals surface area (Å²) in [6, 6.07) is 15.1. The Morgan fingerprint density at radius 3 is 2.87 bits per heavy atom. The van der Waals surface area contributed by atoms with E-state index in [9.17, 15) is 4.79 Å². The molecule has 2 aromatic carbocycles. The Balaban J connectivity index is 1.93. The van der Waals surface area contributed by atoms with E-state index in [1.54, 1.807) is 6.08 Å². The first-order valence-electron chi connectivity index (χ1n) is 8.28. The highest BCUT2D eigenvalue weighted by Crippen LogP contribution is 2.34. The van der Waals surface area contributed by atoms with Crippen LogP contribution in [0.25, 0.3) is 10.8 Å². The van der Waals surface area contributed by atoms with Gasteiger partial charge >= 0.3 is 0 Å². The summed E-state index contributed by atoms with van der Waals surface area (Å²) >= 11 is 0. The number of allylic oxidation sites excluding steroid dienone is 2. The molecule has 2 aromatic rings. The van der Waals surface area contributed by atoms with Crippen molar-refractivity contribution in [2.75, 3.05) is 0 Å². The van der Waals surface area contributed by atoms with Gasteiger partial charge in [-0.25, -0.2) is 0 Å². The standard InChI is InChI=1S/C21H23NO/c1-3-4-5-11-18-14-15-21(23)22(18)16(2)19-13-8-10-17-9-6-7-12-20(17)19/h3-10,12-13,16,18H,1,11,14-15H2,2H3/b5-4+/t16-,18?/m1/s1. The molecule has 23 heavy (non-hydrogen) atoms. The zero-order chi connectivity index (χ0) is 16.2. The van der Waals surface area contributed by atoms with Gasteiger partial charge in [-0.05, 0) is 36.1 Å². The van der Waals surface area contributed by atoms with Crippen LogP contribution in [0.1, 0.15) is 37.8 Å². The fraction of sp³-hybridized carbons (Fsp3) is 0.286. The van der Waals surface area contributed by atoms with Crippen molar-refractivity contribution < 1.29 is 4.79 Å². The number of hydrogen-bond acceptors (Lipinski definition) is 1. The van der Waals surface area contributed by atoms with Gasteiger partial charge in [0.1, 0.15) is 0 Å². The van der Waals surface area contributed by atoms with E-state index in [2.05, 4.69) is 66.9 Å². The van der Waals surface area contributed by atoms with Gasteiger partial charge in [-0.1, -0.05) is 67.3 Å². The van der Waals surface area contributed by atoms with E-state index in [0.717, 1.165) is 12.8 Å². The van der Waals surface area contributed by atoms with Crippen LogP contribution in [0.2, 0.25) is 0 Å². The highest BCUT2D eigenvalue weighted by molar-refractivity contribution is 5.87. The minimum atomic E-state index is 0.0956. The van der Waals surface area contributed by atoms with E-state index < -0.39 is 0 Å². The van der Waals surface area contributed by atoms with Gasteiger partial charge in [-0.2, -0.15) is 0 Å². The average Bonchev–Trinajstić information content (AvgIpc) is 2.95. The quantitative estimate of drug-likeness (QED) is 0.710. The molecular weight excluding hydrogens is 282 g/mol. The number of amides is 1. The van der Waals surface area contributed by atoms with Gasteiger partial charge in [0.25, 0.3) is 0 Å². The second-order valence-electron chi connectivity index (χ2n) is 6.14. The molecule has 1 amide bonds. The number of fused-ring (bicyclic) bond motifs is 1. The molecule has 0 aromatic heterocycles. The average molecular weight is 305 g/mol. The summed E-state index contributed by atoms with van der Waals surface area (Å²) in [5.74, 6) is 0.266. The lowest BCUT2D eigenvalue weighted by Gasteiger charge is -2.31. The highest BCUT2D eigenvalue weighted by atomic mass is 16.2. The summed E-state index contributed by atoms with van der Waals surface area (Å²) in [6.07, 6.45) is 8.35. The van der Waals surface area contributed by atoms with Crippen LogP contribution in [-0.2, 0) is 4.79 Å². The molecule has 2 nitrogen and oxygen atoms in total. The zero-order valence-electron chi connectivity index (χ0n) is 13.6. The van der Waals surface area contributed by atoms with Crippen molar-refractivity contribution in [3.63, 3.8) is 0 Å². The van der Waals surface area contributed by atoms with Gasteiger partial charge in [0, 0.05) is 12.5 Å². The third kappa shape index (κ3) is 3.07. The zero-order valence-corrected chi connectivity index (χ0v) is 13.6. The van der Waals surface area contributed by atoms with Crippen molar-refractivity contribution in [1.82, 2.24) is 4.90 Å². The fourth-order valence-electron chi connectivity index (χ4n) is 3.62. The predicted octanol–water partition coefficient (Wildman–Crippen LogP) is 5.02. The molecule has 0 N–H and O–H groups in total. The Morgan fingerprint density at radius 2 is 2.04 bits per heavy atom. The monoisotopic (exact) mass is 305 g/mol. The van der Waals surface area contributed by atoms with E-state index >= 15 is 0 Å². The van der Waals surface area contributed by atoms with Gasteiger partial charge in [-0.3, -0.25) is 4.79 Å². The Hall–Kier alpha value is -2.35. The second kappa shape index (κ2) is 6.82. The van der Waals surface area contributed by atoms with Crippen molar-refractivity contribution in [2.24, 2.45) is 0 Å². The third-order valence-corrected chi connectivity index (χ3v) is 4.74. The summed E-state index contributed by atoms with van der Waals surface area (Å²) in [4.78, 5) is 14.5. The summed E-state index contributed by atoms with van der Waals surface area (Å²) in [5.41, 5.74) is 1.23. The minimum absolute atomic E-state index is 0.0956. The number of likely N-dealkylation sites (tertiary alicyclic amines) is 1. The SMILES string of the molecule is C=C/C=C/CC1CCC(=O)N1[C@H](C)c1cccc2ccccc12. The number of benzene rings is 2. The summed E-state index contributed by atoms with van der Waals surface area (Å²) in [6.45, 7) is 5.86. The molecule has 0 radical (unpaired) electrons. The Bertz CT molecular complexity index is 741. The van der Waals surface area contributed by atoms with Gasteiger partial charge in [0.2, 0.25) is 5.91 Å². The lowest BCUT2D eigenvalue weighted by molar-refractivity contribution is -0.131. The Morgan fingerprint density at radius 1 is 1.26 bits per heavy atom. The van der Waals surface area contributed by atoms with Crippen LogP contribution in [0.15, 0.2) is 67.3 Å². The van der Waals surface area contributed by atoms with Crippen LogP contribution in [0.3, 0.4) is 0 Å². The normalized spacial score (nSPS) is 19.6. The highest BCUT2D eigenvalue weighted by Gasteiger charge is 2.34. The molecule has 1 unspecified atom stereocenters. The number of carbonyl (C=O) groups excluding carboxylic acids is 1. The van der Waals surface area contributed by atoms with Gasteiger partial charge < -0.3 is 4.90 Å². The van der Waals surface area contributed by atoms with E-state index in [0.29, 0.717) is 6.42 Å². The Kier molecular flexibility index (Phi) is 4.61. The van der Waals surface area contributed by atoms with Crippen LogP contribution in [0.5, 0.6) is 0 Å². The maximum atomic E-state index is 12.4. The van der Waals surface area contributed by atoms with E-state index in [1.165, 1.54) is 16.3 Å². The molecule has 0 spiro atoms.